The summed E-state index contributed by atoms with van der Waals surface area (Å²) < 4.78 is 95.7. The number of hydrogen-bond acceptors (Lipinski definition) is 30. The van der Waals surface area contributed by atoms with Gasteiger partial charge in [-0.25, -0.2) is 39.1 Å². The Kier molecular flexibility index (Phi) is 31.9. The minimum atomic E-state index is -3.78. The summed E-state index contributed by atoms with van der Waals surface area (Å²) in [4.78, 5) is 132. The van der Waals surface area contributed by atoms with Gasteiger partial charge in [0, 0.05) is 95.9 Å². The van der Waals surface area contributed by atoms with Crippen LogP contribution in [-0.4, -0.2) is 217 Å². The lowest BCUT2D eigenvalue weighted by molar-refractivity contribution is -0.142. The third-order valence-electron chi connectivity index (χ3n) is 23.1. The van der Waals surface area contributed by atoms with Crippen LogP contribution in [0.25, 0.3) is 44.6 Å². The molecule has 6 aromatic rings. The summed E-state index contributed by atoms with van der Waals surface area (Å²) in [5, 5.41) is 22.1. The van der Waals surface area contributed by atoms with Gasteiger partial charge < -0.3 is 89.1 Å². The van der Waals surface area contributed by atoms with E-state index < -0.39 is 146 Å². The number of alkyl carbamates (subject to hydrolysis) is 2. The topological polar surface area (TPSA) is 412 Å². The summed E-state index contributed by atoms with van der Waals surface area (Å²) >= 11 is 2.90. The number of ether oxygens (including phenoxy) is 10. The highest BCUT2D eigenvalue weighted by Crippen LogP contribution is 2.71. The number of carbonyl (C=O) groups is 8. The van der Waals surface area contributed by atoms with E-state index in [4.69, 9.17) is 76.4 Å². The summed E-state index contributed by atoms with van der Waals surface area (Å²) in [5.41, 5.74) is 1.89. The number of methoxy groups -OCH3 is 2. The van der Waals surface area contributed by atoms with Gasteiger partial charge in [-0.1, -0.05) is 67.0 Å². The monoisotopic (exact) mass is 1820 g/mol. The van der Waals surface area contributed by atoms with Crippen LogP contribution in [0.3, 0.4) is 0 Å². The van der Waals surface area contributed by atoms with Gasteiger partial charge in [0.1, 0.15) is 93.5 Å². The number of pyridine rings is 2. The van der Waals surface area contributed by atoms with E-state index in [9.17, 15) is 47.5 Å². The normalized spacial score (nSPS) is 22.5. The Morgan fingerprint density at radius 1 is 0.556 bits per heavy atom. The van der Waals surface area contributed by atoms with E-state index in [1.807, 2.05) is 99.1 Å². The van der Waals surface area contributed by atoms with Crippen molar-refractivity contribution in [3.8, 4) is 45.8 Å². The van der Waals surface area contributed by atoms with Crippen LogP contribution in [0.5, 0.6) is 23.0 Å². The van der Waals surface area contributed by atoms with Gasteiger partial charge in [0.2, 0.25) is 52.0 Å². The van der Waals surface area contributed by atoms with Crippen molar-refractivity contribution in [2.45, 2.75) is 244 Å². The van der Waals surface area contributed by atoms with Gasteiger partial charge in [0.25, 0.3) is 0 Å². The quantitative estimate of drug-likeness (QED) is 0.00531. The minimum Gasteiger partial charge on any atom is -0.497 e. The molecule has 4 aliphatic carbocycles. The second-order valence-electron chi connectivity index (χ2n) is 35.5. The first kappa shape index (κ1) is 96.8. The van der Waals surface area contributed by atoms with Crippen LogP contribution in [0.4, 0.5) is 29.4 Å². The fourth-order valence-electron chi connectivity index (χ4n) is 16.0. The number of aromatic nitrogens is 4. The van der Waals surface area contributed by atoms with Crippen molar-refractivity contribution in [2.75, 3.05) is 78.1 Å². The van der Waals surface area contributed by atoms with Crippen molar-refractivity contribution in [1.82, 2.24) is 51.0 Å². The van der Waals surface area contributed by atoms with Crippen LogP contribution in [0, 0.1) is 22.7 Å². The number of unbranched alkanes of at least 4 members (excludes halogenated alkanes) is 1. The summed E-state index contributed by atoms with van der Waals surface area (Å²) in [6.07, 6.45) is 6.67. The van der Waals surface area contributed by atoms with Crippen molar-refractivity contribution in [2.24, 2.45) is 22.7 Å². The Labute approximate surface area is 743 Å². The molecule has 2 aromatic carbocycles. The van der Waals surface area contributed by atoms with Crippen molar-refractivity contribution < 1.29 is 104 Å². The molecule has 12 atom stereocenters. The van der Waals surface area contributed by atoms with Crippen molar-refractivity contribution in [3.05, 3.63) is 84.6 Å². The van der Waals surface area contributed by atoms with E-state index in [2.05, 4.69) is 45.1 Å². The fourth-order valence-corrected chi connectivity index (χ4v) is 21.8. The molecule has 12 rings (SSSR count). The molecule has 6 heterocycles. The molecule has 0 radical (unpaired) electrons. The number of rotatable bonds is 36. The largest absolute Gasteiger partial charge is 0.510 e. The highest BCUT2D eigenvalue weighted by molar-refractivity contribution is 7.60. The molecule has 4 aromatic heterocycles. The molecule has 2 aliphatic heterocycles. The Balaban J connectivity index is 0.000000245. The lowest BCUT2D eigenvalue weighted by atomic mass is 9.85. The third kappa shape index (κ3) is 23.7. The molecule has 6 N–H and O–H groups in total. The lowest BCUT2D eigenvalue weighted by Crippen LogP contribution is -2.58. The number of benzene rings is 2. The van der Waals surface area contributed by atoms with Gasteiger partial charge in [-0.3, -0.25) is 37.4 Å². The van der Waals surface area contributed by atoms with Crippen molar-refractivity contribution in [1.29, 1.82) is 0 Å². The van der Waals surface area contributed by atoms with Crippen LogP contribution in [-0.2, 0) is 65.8 Å². The molecule has 6 amide bonds. The van der Waals surface area contributed by atoms with E-state index >= 15 is 0 Å². The number of carbonyl (C=O) groups excluding carboxylic acids is 8. The Bertz CT molecular complexity index is 5030. The molecule has 0 bridgehead atoms. The van der Waals surface area contributed by atoms with E-state index in [0.29, 0.717) is 74.0 Å². The van der Waals surface area contributed by atoms with Crippen LogP contribution in [0.2, 0.25) is 0 Å². The van der Waals surface area contributed by atoms with E-state index in [1.54, 1.807) is 69.7 Å². The first-order chi connectivity index (χ1) is 59.7. The van der Waals surface area contributed by atoms with Gasteiger partial charge in [-0.05, 0) is 140 Å². The maximum absolute atomic E-state index is 14.9. The van der Waals surface area contributed by atoms with Crippen molar-refractivity contribution in [3.63, 3.8) is 0 Å². The zero-order valence-corrected chi connectivity index (χ0v) is 78.2. The molecule has 6 fully saturated rings. The zero-order chi connectivity index (χ0) is 91.4. The molecule has 2 saturated heterocycles. The second-order valence-corrected chi connectivity index (χ2v) is 42.7. The third-order valence-corrected chi connectivity index (χ3v) is 30.0. The van der Waals surface area contributed by atoms with Gasteiger partial charge in [0.05, 0.1) is 62.9 Å². The Hall–Kier alpha value is -9.86. The average molecular weight is 1830 g/mol. The number of fused-ring (bicyclic) bond motifs is 2. The number of thiazole rings is 2. The van der Waals surface area contributed by atoms with Crippen molar-refractivity contribution >= 4 is 118 Å². The number of nitrogens with one attached hydrogen (secondary N) is 6. The van der Waals surface area contributed by atoms with Crippen LogP contribution >= 0.6 is 37.4 Å². The fraction of sp³-hybridized carbons (Fsp3) is 0.591. The first-order valence-corrected chi connectivity index (χ1v) is 48.9. The number of amides is 6. The summed E-state index contributed by atoms with van der Waals surface area (Å²) in [7, 11) is -4.40. The number of nitrogens with zero attached hydrogens (tertiary/aromatic N) is 6. The predicted octanol–water partition coefficient (Wildman–Crippen LogP) is 16.2. The number of anilines is 2. The summed E-state index contributed by atoms with van der Waals surface area (Å²) in [5.74, 6) is -1.07. The molecule has 688 valence electrons. The van der Waals surface area contributed by atoms with Gasteiger partial charge >= 0.3 is 24.5 Å². The van der Waals surface area contributed by atoms with E-state index in [0.717, 1.165) is 68.1 Å². The van der Waals surface area contributed by atoms with Crippen LogP contribution in [0.15, 0.2) is 84.6 Å². The summed E-state index contributed by atoms with van der Waals surface area (Å²) in [6.45, 7) is 31.9. The van der Waals surface area contributed by atoms with Crippen LogP contribution < -0.4 is 50.8 Å². The SMILES string of the molecule is C=C[C@@H]1C[C@]1(NC(=O)[C@@H]1CC(Oc2cc(-c3csc(NC(C)C)n3)nc3cc(OC)ccc23)CN1C(=O)[C@@H](NC(=O)OC1CCCC1)C(C)(C)C)P(C)(=O)OCOC(=O)OCC.C=C[C@@H]1C[C@]1(NC(=O)[C@@H]1CC(Oc2cc(-c3csc(NC(C)C)n3)nc3cc(OC)ccc23)CN1C(=O)[C@@H](NC(=O)OC1CCCC1)C(C)(C)C)P(C)(=O)OCOC(=O)OCCCC. The average Bonchev–Trinajstić information content (AvgIpc) is 1.56. The molecule has 0 spiro atoms. The highest BCUT2D eigenvalue weighted by Gasteiger charge is 2.67. The molecule has 126 heavy (non-hydrogen) atoms. The molecule has 38 heteroatoms. The zero-order valence-electron chi connectivity index (χ0n) is 74.8. The minimum absolute atomic E-state index is 0.0328. The van der Waals surface area contributed by atoms with Gasteiger partial charge in [-0.2, -0.15) is 0 Å². The van der Waals surface area contributed by atoms with E-state index in [-0.39, 0.29) is 76.3 Å². The molecular weight excluding hydrogens is 1700 g/mol. The second kappa shape index (κ2) is 41.5. The molecule has 4 saturated carbocycles. The highest BCUT2D eigenvalue weighted by atomic mass is 32.1. The number of hydrogen-bond donors (Lipinski definition) is 6. The van der Waals surface area contributed by atoms with Gasteiger partial charge in [-0.15, -0.1) is 35.8 Å². The first-order valence-electron chi connectivity index (χ1n) is 43.0. The summed E-state index contributed by atoms with van der Waals surface area (Å²) in [6, 6.07) is 10.3. The maximum atomic E-state index is 14.9. The molecule has 6 aliphatic rings. The van der Waals surface area contributed by atoms with E-state index in [1.165, 1.54) is 45.8 Å². The molecule has 4 unspecified atom stereocenters. The van der Waals surface area contributed by atoms with Crippen LogP contribution in [0.1, 0.15) is 173 Å². The lowest BCUT2D eigenvalue weighted by Gasteiger charge is -2.36. The molecular formula is C88H122N12O22P2S2. The Morgan fingerprint density at radius 2 is 0.952 bits per heavy atom. The number of likely N-dealkylation sites (tertiary alicyclic amines) is 2. The standard InChI is InChI=1S/C45H63N6O11PS.C43H59N6O11PS/c1-10-12-19-58-43(55)59-26-60-63(9,56)45(23-28(45)11-2)50-39(52)36-21-31(24-51(36)40(53)38(44(5,6)7)49-42(54)62-29-15-13-14-16-29)61-37-22-34(35-25-64-41(48-35)46-27(3)4)47-33-20-30(57-8)17-18-32(33)37;1-10-26-21-43(26,61(9,54)58-24-57-41(53)56-11-2)48-37(50)34-19-29(22-49(34)38(51)36(42(5,6)7)47-40(52)60-27-14-12-13-15-27)59-35-20-32(33-23-62-39(46-33)44-25(3)4)45-31-18-28(55-8)16-17-30(31)35/h11,17-18,20,22,25,27-29,31,36,38H,2,10,12-16,19,21,23-24,26H2,1,3-9H3,(H,46,48)(H,49,54)(H,50,52);10,16-18,20,23,25-27,29,34,36H,1,11-15,19,21-22,24H2,2-9H3,(H,44,46)(H,47,52)(H,48,50)/t28-,31?,36+,38-,45+,63?;26-,29?,34+,36-,43+,61?/m11/s1. The predicted molar refractivity (Wildman–Crippen MR) is 478 cm³/mol. The smallest absolute Gasteiger partial charge is 0.497 e. The maximum Gasteiger partial charge on any atom is 0.510 e. The van der Waals surface area contributed by atoms with Gasteiger partial charge in [0.15, 0.2) is 10.3 Å². The Morgan fingerprint density at radius 3 is 1.30 bits per heavy atom. The molecule has 34 nitrogen and oxygen atoms in total.